The lowest BCUT2D eigenvalue weighted by Crippen LogP contribution is -2.42. The van der Waals surface area contributed by atoms with Gasteiger partial charge in [-0.05, 0) is 12.0 Å². The summed E-state index contributed by atoms with van der Waals surface area (Å²) in [5.41, 5.74) is 7.00. The summed E-state index contributed by atoms with van der Waals surface area (Å²) in [6.45, 7) is 2.75. The van der Waals surface area contributed by atoms with E-state index in [2.05, 4.69) is 4.99 Å². The SMILES string of the molecule is CCCN1C(=O)N=C(N)C1Cc1ccccc1. The number of rotatable bonds is 4. The van der Waals surface area contributed by atoms with Crippen molar-refractivity contribution in [3.05, 3.63) is 35.9 Å². The highest BCUT2D eigenvalue weighted by Gasteiger charge is 2.32. The second kappa shape index (κ2) is 4.99. The van der Waals surface area contributed by atoms with Gasteiger partial charge in [0.25, 0.3) is 0 Å². The van der Waals surface area contributed by atoms with Crippen LogP contribution in [0.4, 0.5) is 4.79 Å². The Morgan fingerprint density at radius 3 is 2.71 bits per heavy atom. The van der Waals surface area contributed by atoms with Crippen LogP contribution in [0, 0.1) is 0 Å². The summed E-state index contributed by atoms with van der Waals surface area (Å²) in [5, 5.41) is 0. The fraction of sp³-hybridized carbons (Fsp3) is 0.385. The largest absolute Gasteiger partial charge is 0.385 e. The van der Waals surface area contributed by atoms with Gasteiger partial charge in [0.15, 0.2) is 0 Å². The minimum atomic E-state index is -0.203. The Hall–Kier alpha value is -1.84. The van der Waals surface area contributed by atoms with Crippen LogP contribution in [0.3, 0.4) is 0 Å². The molecule has 90 valence electrons. The van der Waals surface area contributed by atoms with E-state index < -0.39 is 0 Å². The first kappa shape index (κ1) is 11.6. The van der Waals surface area contributed by atoms with E-state index in [0.29, 0.717) is 12.4 Å². The number of benzene rings is 1. The molecule has 17 heavy (non-hydrogen) atoms. The molecule has 1 aromatic rings. The first-order chi connectivity index (χ1) is 8.22. The van der Waals surface area contributed by atoms with Gasteiger partial charge >= 0.3 is 6.03 Å². The third-order valence-electron chi connectivity index (χ3n) is 2.92. The Bertz CT molecular complexity index is 428. The summed E-state index contributed by atoms with van der Waals surface area (Å²) < 4.78 is 0. The van der Waals surface area contributed by atoms with Crippen molar-refractivity contribution in [1.82, 2.24) is 4.90 Å². The molecule has 0 fully saturated rings. The number of aliphatic imine (C=N–C) groups is 1. The first-order valence-corrected chi connectivity index (χ1v) is 5.91. The number of hydrogen-bond acceptors (Lipinski definition) is 2. The molecular formula is C13H17N3O. The van der Waals surface area contributed by atoms with Crippen LogP contribution < -0.4 is 5.73 Å². The summed E-state index contributed by atoms with van der Waals surface area (Å²) in [6, 6.07) is 9.76. The van der Waals surface area contributed by atoms with E-state index >= 15 is 0 Å². The van der Waals surface area contributed by atoms with E-state index in [4.69, 9.17) is 5.73 Å². The molecule has 2 N–H and O–H groups in total. The van der Waals surface area contributed by atoms with Gasteiger partial charge < -0.3 is 10.6 Å². The van der Waals surface area contributed by atoms with Crippen LogP contribution in [0.1, 0.15) is 18.9 Å². The first-order valence-electron chi connectivity index (χ1n) is 5.91. The minimum Gasteiger partial charge on any atom is -0.385 e. The molecule has 0 saturated heterocycles. The van der Waals surface area contributed by atoms with Crippen molar-refractivity contribution < 1.29 is 4.79 Å². The number of carbonyl (C=O) groups is 1. The fourth-order valence-electron chi connectivity index (χ4n) is 2.09. The molecule has 0 aliphatic carbocycles. The topological polar surface area (TPSA) is 58.7 Å². The van der Waals surface area contributed by atoms with E-state index in [1.165, 1.54) is 5.56 Å². The predicted molar refractivity (Wildman–Crippen MR) is 67.9 cm³/mol. The number of amides is 2. The molecule has 0 saturated carbocycles. The highest BCUT2D eigenvalue weighted by molar-refractivity contribution is 6.02. The Balaban J connectivity index is 2.13. The molecule has 0 spiro atoms. The highest BCUT2D eigenvalue weighted by Crippen LogP contribution is 2.16. The number of carbonyl (C=O) groups excluding carboxylic acids is 1. The molecule has 4 heteroatoms. The molecule has 1 unspecified atom stereocenters. The van der Waals surface area contributed by atoms with Gasteiger partial charge in [0.05, 0.1) is 6.04 Å². The quantitative estimate of drug-likeness (QED) is 0.859. The van der Waals surface area contributed by atoms with Gasteiger partial charge in [0.2, 0.25) is 0 Å². The Morgan fingerprint density at radius 2 is 2.06 bits per heavy atom. The van der Waals surface area contributed by atoms with Gasteiger partial charge in [0, 0.05) is 13.0 Å². The van der Waals surface area contributed by atoms with Crippen molar-refractivity contribution in [2.45, 2.75) is 25.8 Å². The average molecular weight is 231 g/mol. The van der Waals surface area contributed by atoms with Crippen molar-refractivity contribution in [1.29, 1.82) is 0 Å². The van der Waals surface area contributed by atoms with Gasteiger partial charge in [-0.2, -0.15) is 4.99 Å². The Morgan fingerprint density at radius 1 is 1.35 bits per heavy atom. The van der Waals surface area contributed by atoms with E-state index in [1.54, 1.807) is 4.90 Å². The lowest BCUT2D eigenvalue weighted by molar-refractivity contribution is 0.206. The van der Waals surface area contributed by atoms with Crippen molar-refractivity contribution in [3.8, 4) is 0 Å². The molecule has 0 bridgehead atoms. The highest BCUT2D eigenvalue weighted by atomic mass is 16.2. The van der Waals surface area contributed by atoms with Crippen LogP contribution in [0.2, 0.25) is 0 Å². The molecule has 1 heterocycles. The van der Waals surface area contributed by atoms with Gasteiger partial charge in [-0.3, -0.25) is 0 Å². The molecule has 2 rings (SSSR count). The molecule has 2 amide bonds. The van der Waals surface area contributed by atoms with E-state index in [1.807, 2.05) is 37.3 Å². The number of hydrogen-bond donors (Lipinski definition) is 1. The molecular weight excluding hydrogens is 214 g/mol. The van der Waals surface area contributed by atoms with Gasteiger partial charge in [0.1, 0.15) is 5.84 Å². The standard InChI is InChI=1S/C13H17N3O/c1-2-8-16-11(12(14)15-13(16)17)9-10-6-4-3-5-7-10/h3-7,11H,2,8-9H2,1H3,(H2,14,15,17). The van der Waals surface area contributed by atoms with Crippen LogP contribution in [-0.2, 0) is 6.42 Å². The summed E-state index contributed by atoms with van der Waals surface area (Å²) >= 11 is 0. The number of amidine groups is 1. The zero-order valence-electron chi connectivity index (χ0n) is 9.97. The van der Waals surface area contributed by atoms with E-state index in [-0.39, 0.29) is 12.1 Å². The minimum absolute atomic E-state index is 0.0788. The molecule has 0 aromatic heterocycles. The van der Waals surface area contributed by atoms with Crippen LogP contribution in [0.5, 0.6) is 0 Å². The normalized spacial score (nSPS) is 19.6. The van der Waals surface area contributed by atoms with E-state index in [0.717, 1.165) is 12.8 Å². The molecule has 4 nitrogen and oxygen atoms in total. The lowest BCUT2D eigenvalue weighted by Gasteiger charge is -2.23. The van der Waals surface area contributed by atoms with Crippen molar-refractivity contribution in [2.24, 2.45) is 10.7 Å². The molecule has 1 aromatic carbocycles. The Kier molecular flexibility index (Phi) is 3.42. The second-order valence-corrected chi connectivity index (χ2v) is 4.22. The van der Waals surface area contributed by atoms with Gasteiger partial charge in [-0.25, -0.2) is 4.79 Å². The van der Waals surface area contributed by atoms with Gasteiger partial charge in [-0.1, -0.05) is 37.3 Å². The second-order valence-electron chi connectivity index (χ2n) is 4.22. The zero-order chi connectivity index (χ0) is 12.3. The van der Waals surface area contributed by atoms with Crippen LogP contribution >= 0.6 is 0 Å². The Labute approximate surface area is 101 Å². The molecule has 0 radical (unpaired) electrons. The van der Waals surface area contributed by atoms with Crippen molar-refractivity contribution >= 4 is 11.9 Å². The average Bonchev–Trinajstić information content (AvgIpc) is 2.58. The number of nitrogens with two attached hydrogens (primary N) is 1. The summed E-state index contributed by atoms with van der Waals surface area (Å²) in [6.07, 6.45) is 1.65. The van der Waals surface area contributed by atoms with Crippen LogP contribution in [0.15, 0.2) is 35.3 Å². The van der Waals surface area contributed by atoms with E-state index in [9.17, 15) is 4.79 Å². The monoisotopic (exact) mass is 231 g/mol. The third kappa shape index (κ3) is 2.46. The molecule has 1 aliphatic heterocycles. The van der Waals surface area contributed by atoms with Crippen molar-refractivity contribution in [3.63, 3.8) is 0 Å². The number of nitrogens with zero attached hydrogens (tertiary/aromatic N) is 2. The van der Waals surface area contributed by atoms with Gasteiger partial charge in [-0.15, -0.1) is 0 Å². The number of urea groups is 1. The predicted octanol–water partition coefficient (Wildman–Crippen LogP) is 1.80. The maximum Gasteiger partial charge on any atom is 0.345 e. The van der Waals surface area contributed by atoms with Crippen molar-refractivity contribution in [2.75, 3.05) is 6.54 Å². The third-order valence-corrected chi connectivity index (χ3v) is 2.92. The maximum atomic E-state index is 11.6. The zero-order valence-corrected chi connectivity index (χ0v) is 9.97. The summed E-state index contributed by atoms with van der Waals surface area (Å²) in [4.78, 5) is 17.2. The summed E-state index contributed by atoms with van der Waals surface area (Å²) in [5.74, 6) is 0.437. The van der Waals surface area contributed by atoms with Crippen LogP contribution in [-0.4, -0.2) is 29.4 Å². The summed E-state index contributed by atoms with van der Waals surface area (Å²) in [7, 11) is 0. The molecule has 1 atom stereocenters. The lowest BCUT2D eigenvalue weighted by atomic mass is 10.0. The molecule has 1 aliphatic rings. The van der Waals surface area contributed by atoms with Crippen LogP contribution in [0.25, 0.3) is 0 Å². The maximum absolute atomic E-state index is 11.6. The fourth-order valence-corrected chi connectivity index (χ4v) is 2.09. The smallest absolute Gasteiger partial charge is 0.345 e.